The largest absolute Gasteiger partial charge is 0.493 e. The van der Waals surface area contributed by atoms with Crippen molar-refractivity contribution in [3.63, 3.8) is 0 Å². The topological polar surface area (TPSA) is 101 Å². The SMILES string of the molecule is CCN1C(=O)C(C)(C)C(=O)N(C)c2cc(OCCCN(CCCn3ccc4oc(C)cc4c3=O)c3ccncc3)ccc21. The van der Waals surface area contributed by atoms with Crippen LogP contribution in [-0.4, -0.2) is 54.7 Å². The van der Waals surface area contributed by atoms with Gasteiger partial charge in [-0.05, 0) is 76.9 Å². The second-order valence-corrected chi connectivity index (χ2v) is 11.4. The van der Waals surface area contributed by atoms with Gasteiger partial charge in [-0.15, -0.1) is 0 Å². The van der Waals surface area contributed by atoms with Gasteiger partial charge in [0.15, 0.2) is 0 Å². The molecule has 1 aromatic carbocycles. The molecule has 10 nitrogen and oxygen atoms in total. The molecule has 10 heteroatoms. The third-order valence-electron chi connectivity index (χ3n) is 8.01. The van der Waals surface area contributed by atoms with E-state index in [9.17, 15) is 14.4 Å². The van der Waals surface area contributed by atoms with Crippen LogP contribution in [0.1, 0.15) is 39.4 Å². The molecule has 3 aromatic heterocycles. The van der Waals surface area contributed by atoms with Crippen LogP contribution in [0.25, 0.3) is 11.0 Å². The van der Waals surface area contributed by atoms with E-state index in [1.807, 2.05) is 50.2 Å². The van der Waals surface area contributed by atoms with Crippen molar-refractivity contribution in [2.45, 2.75) is 47.1 Å². The number of pyridine rings is 2. The molecule has 0 bridgehead atoms. The number of nitrogens with zero attached hydrogens (tertiary/aromatic N) is 5. The van der Waals surface area contributed by atoms with Crippen LogP contribution in [0.2, 0.25) is 0 Å². The molecule has 0 saturated heterocycles. The first-order chi connectivity index (χ1) is 20.6. The van der Waals surface area contributed by atoms with Crippen LogP contribution in [-0.2, 0) is 16.1 Å². The van der Waals surface area contributed by atoms with Gasteiger partial charge in [-0.1, -0.05) is 0 Å². The van der Waals surface area contributed by atoms with Crippen molar-refractivity contribution in [1.82, 2.24) is 9.55 Å². The van der Waals surface area contributed by atoms with Crippen LogP contribution in [0, 0.1) is 12.3 Å². The van der Waals surface area contributed by atoms with E-state index in [0.29, 0.717) is 47.8 Å². The number of hydrogen-bond acceptors (Lipinski definition) is 7. The first kappa shape index (κ1) is 29.9. The van der Waals surface area contributed by atoms with Crippen LogP contribution >= 0.6 is 0 Å². The van der Waals surface area contributed by atoms with Gasteiger partial charge in [0.2, 0.25) is 11.8 Å². The van der Waals surface area contributed by atoms with Crippen LogP contribution in [0.4, 0.5) is 17.1 Å². The van der Waals surface area contributed by atoms with E-state index < -0.39 is 5.41 Å². The summed E-state index contributed by atoms with van der Waals surface area (Å²) in [5.41, 5.74) is 1.83. The van der Waals surface area contributed by atoms with Gasteiger partial charge < -0.3 is 28.4 Å². The van der Waals surface area contributed by atoms with E-state index in [-0.39, 0.29) is 17.4 Å². The number of amides is 2. The highest BCUT2D eigenvalue weighted by Gasteiger charge is 2.45. The lowest BCUT2D eigenvalue weighted by atomic mass is 9.90. The number of rotatable bonds is 11. The standard InChI is InChI=1S/C33H39N5O5/c1-6-38-27-10-9-25(22-28(27)35(5)31(40)33(3,4)32(38)41)42-20-8-18-36(24-11-14-34-15-12-24)16-7-17-37-19-13-29-26(30(37)39)21-23(2)43-29/h9-15,19,21-22H,6-8,16-18,20H2,1-5H3. The summed E-state index contributed by atoms with van der Waals surface area (Å²) in [7, 11) is 1.70. The Hall–Kier alpha value is -4.60. The van der Waals surface area contributed by atoms with Gasteiger partial charge in [0, 0.05) is 63.6 Å². The fourth-order valence-electron chi connectivity index (χ4n) is 5.65. The summed E-state index contributed by atoms with van der Waals surface area (Å²) in [6, 6.07) is 13.1. The van der Waals surface area contributed by atoms with Gasteiger partial charge in [0.05, 0.1) is 23.4 Å². The number of anilines is 3. The monoisotopic (exact) mass is 585 g/mol. The van der Waals surface area contributed by atoms with Crippen molar-refractivity contribution in [2.24, 2.45) is 5.41 Å². The van der Waals surface area contributed by atoms with E-state index in [1.165, 1.54) is 0 Å². The zero-order valence-corrected chi connectivity index (χ0v) is 25.5. The molecule has 0 spiro atoms. The van der Waals surface area contributed by atoms with Gasteiger partial charge in [0.25, 0.3) is 5.56 Å². The fourth-order valence-corrected chi connectivity index (χ4v) is 5.65. The van der Waals surface area contributed by atoms with Gasteiger partial charge in [-0.3, -0.25) is 19.4 Å². The maximum absolute atomic E-state index is 13.1. The van der Waals surface area contributed by atoms with Crippen molar-refractivity contribution in [2.75, 3.05) is 48.0 Å². The molecule has 5 rings (SSSR count). The van der Waals surface area contributed by atoms with Crippen LogP contribution in [0.5, 0.6) is 5.75 Å². The van der Waals surface area contributed by atoms with Crippen LogP contribution in [0.3, 0.4) is 0 Å². The lowest BCUT2D eigenvalue weighted by Gasteiger charge is -2.27. The Kier molecular flexibility index (Phi) is 8.57. The minimum Gasteiger partial charge on any atom is -0.493 e. The van der Waals surface area contributed by atoms with E-state index >= 15 is 0 Å². The molecular weight excluding hydrogens is 546 g/mol. The molecule has 4 heterocycles. The third kappa shape index (κ3) is 6.00. The second-order valence-electron chi connectivity index (χ2n) is 11.4. The molecular formula is C33H39N5O5. The minimum atomic E-state index is -1.15. The zero-order chi connectivity index (χ0) is 30.7. The van der Waals surface area contributed by atoms with Crippen molar-refractivity contribution in [3.8, 4) is 5.75 Å². The highest BCUT2D eigenvalue weighted by Crippen LogP contribution is 2.40. The summed E-state index contributed by atoms with van der Waals surface area (Å²) in [6.07, 6.45) is 6.87. The normalized spacial score (nSPS) is 14.6. The summed E-state index contributed by atoms with van der Waals surface area (Å²) in [5.74, 6) is 0.907. The quantitative estimate of drug-likeness (QED) is 0.180. The average Bonchev–Trinajstić information content (AvgIpc) is 3.38. The second kappa shape index (κ2) is 12.3. The van der Waals surface area contributed by atoms with Crippen molar-refractivity contribution in [3.05, 3.63) is 77.2 Å². The number of carbonyl (C=O) groups is 2. The number of fused-ring (bicyclic) bond motifs is 2. The van der Waals surface area contributed by atoms with E-state index in [0.717, 1.165) is 37.4 Å². The molecule has 4 aromatic rings. The molecule has 0 fully saturated rings. The Labute approximate surface area is 251 Å². The Bertz CT molecular complexity index is 1680. The number of carbonyl (C=O) groups excluding carboxylic acids is 2. The number of ether oxygens (including phenoxy) is 1. The minimum absolute atomic E-state index is 0.0405. The Morgan fingerprint density at radius 1 is 0.953 bits per heavy atom. The molecule has 226 valence electrons. The Morgan fingerprint density at radius 3 is 2.44 bits per heavy atom. The molecule has 0 atom stereocenters. The first-order valence-corrected chi connectivity index (χ1v) is 14.7. The molecule has 43 heavy (non-hydrogen) atoms. The van der Waals surface area contributed by atoms with E-state index in [1.54, 1.807) is 59.9 Å². The van der Waals surface area contributed by atoms with E-state index in [4.69, 9.17) is 9.15 Å². The Morgan fingerprint density at radius 2 is 1.70 bits per heavy atom. The number of hydrogen-bond donors (Lipinski definition) is 0. The molecule has 0 unspecified atom stereocenters. The van der Waals surface area contributed by atoms with E-state index in [2.05, 4.69) is 9.88 Å². The summed E-state index contributed by atoms with van der Waals surface area (Å²) >= 11 is 0. The summed E-state index contributed by atoms with van der Waals surface area (Å²) in [5, 5.41) is 0.606. The number of aryl methyl sites for hydroxylation is 2. The Balaban J connectivity index is 1.22. The predicted octanol–water partition coefficient (Wildman–Crippen LogP) is 5.02. The summed E-state index contributed by atoms with van der Waals surface area (Å²) in [6.45, 7) is 10.1. The zero-order valence-electron chi connectivity index (χ0n) is 25.5. The molecule has 0 saturated carbocycles. The molecule has 0 radical (unpaired) electrons. The average molecular weight is 586 g/mol. The van der Waals surface area contributed by atoms with Crippen LogP contribution in [0.15, 0.2) is 70.3 Å². The van der Waals surface area contributed by atoms with Gasteiger partial charge in [-0.25, -0.2) is 0 Å². The van der Waals surface area contributed by atoms with Crippen LogP contribution < -0.4 is 25.0 Å². The summed E-state index contributed by atoms with van der Waals surface area (Å²) < 4.78 is 13.4. The van der Waals surface area contributed by atoms with Crippen molar-refractivity contribution in [1.29, 1.82) is 0 Å². The molecule has 2 amide bonds. The van der Waals surface area contributed by atoms with Gasteiger partial charge >= 0.3 is 0 Å². The highest BCUT2D eigenvalue weighted by atomic mass is 16.5. The molecule has 0 N–H and O–H groups in total. The van der Waals surface area contributed by atoms with Gasteiger partial charge in [0.1, 0.15) is 22.5 Å². The maximum Gasteiger partial charge on any atom is 0.261 e. The maximum atomic E-state index is 13.1. The third-order valence-corrected chi connectivity index (χ3v) is 8.01. The molecule has 1 aliphatic heterocycles. The van der Waals surface area contributed by atoms with Gasteiger partial charge in [-0.2, -0.15) is 0 Å². The summed E-state index contributed by atoms with van der Waals surface area (Å²) in [4.78, 5) is 48.8. The number of aromatic nitrogens is 2. The molecule has 1 aliphatic rings. The lowest BCUT2D eigenvalue weighted by Crippen LogP contribution is -2.47. The molecule has 0 aliphatic carbocycles. The number of furan rings is 1. The van der Waals surface area contributed by atoms with Crippen molar-refractivity contribution < 1.29 is 18.7 Å². The first-order valence-electron chi connectivity index (χ1n) is 14.7. The smallest absolute Gasteiger partial charge is 0.261 e. The van der Waals surface area contributed by atoms with Crippen molar-refractivity contribution >= 4 is 39.8 Å². The number of benzene rings is 1. The lowest BCUT2D eigenvalue weighted by molar-refractivity contribution is -0.137. The fraction of sp³-hybridized carbons (Fsp3) is 0.394. The highest BCUT2D eigenvalue weighted by molar-refractivity contribution is 6.20. The predicted molar refractivity (Wildman–Crippen MR) is 168 cm³/mol.